The Balaban J connectivity index is 0.000000417. The van der Waals surface area contributed by atoms with E-state index in [1.54, 1.807) is 6.92 Å². The topological polar surface area (TPSA) is 109 Å². The van der Waals surface area contributed by atoms with Gasteiger partial charge in [-0.2, -0.15) is 26.9 Å². The van der Waals surface area contributed by atoms with Crippen LogP contribution in [0.3, 0.4) is 0 Å². The summed E-state index contributed by atoms with van der Waals surface area (Å²) in [6.07, 6.45) is -1.18. The molecule has 2 atom stereocenters. The van der Waals surface area contributed by atoms with Crippen LogP contribution in [0.25, 0.3) is 0 Å². The van der Waals surface area contributed by atoms with E-state index in [1.165, 1.54) is 41.8 Å². The second-order valence-corrected chi connectivity index (χ2v) is 8.65. The number of hydrogen-bond donors (Lipinski definition) is 1. The highest BCUT2D eigenvalue weighted by molar-refractivity contribution is 5.49. The standard InChI is InChI=1S/C19H20F5N5O2.C4H4N2O/c1-11-10-31-8-7-27(11)16-14(20)17(30)28-6-4-13(19(22,23)24)29(18(28)26-16)9-12-3-2-5-25-15(12)21;7-4-1-2-5-3-6-4/h2-3,5,11,13H,4,6-10H2,1H3;1-3H,(H,5,6,7)/t11-,13+;/m1./s1. The summed E-state index contributed by atoms with van der Waals surface area (Å²) in [7, 11) is 0. The zero-order valence-corrected chi connectivity index (χ0v) is 20.2. The number of hydrogen-bond acceptors (Lipinski definition) is 8. The minimum atomic E-state index is -4.66. The van der Waals surface area contributed by atoms with Gasteiger partial charge < -0.3 is 19.5 Å². The molecule has 10 nitrogen and oxygen atoms in total. The molecule has 5 heterocycles. The van der Waals surface area contributed by atoms with Crippen molar-refractivity contribution in [3.8, 4) is 0 Å². The molecule has 1 fully saturated rings. The molecule has 2 aliphatic rings. The summed E-state index contributed by atoms with van der Waals surface area (Å²) in [6, 6.07) is 1.72. The van der Waals surface area contributed by atoms with Crippen LogP contribution in [0.2, 0.25) is 0 Å². The fourth-order valence-corrected chi connectivity index (χ4v) is 4.25. The van der Waals surface area contributed by atoms with Crippen LogP contribution in [-0.2, 0) is 17.8 Å². The van der Waals surface area contributed by atoms with Crippen LogP contribution in [0.1, 0.15) is 18.9 Å². The average Bonchev–Trinajstić information content (AvgIpc) is 2.88. The van der Waals surface area contributed by atoms with E-state index < -0.39 is 42.5 Å². The normalized spacial score (nSPS) is 19.4. The van der Waals surface area contributed by atoms with Crippen molar-refractivity contribution in [2.45, 2.75) is 44.7 Å². The van der Waals surface area contributed by atoms with Crippen LogP contribution in [0.5, 0.6) is 0 Å². The molecule has 38 heavy (non-hydrogen) atoms. The number of nitrogens with one attached hydrogen (secondary N) is 1. The molecule has 3 aromatic rings. The fraction of sp³-hybridized carbons (Fsp3) is 0.435. The molecule has 0 aliphatic carbocycles. The Bertz CT molecular complexity index is 1360. The van der Waals surface area contributed by atoms with Crippen LogP contribution in [0.4, 0.5) is 33.7 Å². The van der Waals surface area contributed by atoms with Crippen LogP contribution in [-0.4, -0.2) is 62.5 Å². The second kappa shape index (κ2) is 11.2. The van der Waals surface area contributed by atoms with Crippen LogP contribution < -0.4 is 20.9 Å². The Morgan fingerprint density at radius 2 is 1.95 bits per heavy atom. The third kappa shape index (κ3) is 5.82. The van der Waals surface area contributed by atoms with Gasteiger partial charge in [0.1, 0.15) is 6.04 Å². The number of alkyl halides is 3. The second-order valence-electron chi connectivity index (χ2n) is 8.65. The number of fused-ring (bicyclic) bond motifs is 1. The number of aromatic amines is 1. The predicted molar refractivity (Wildman–Crippen MR) is 126 cm³/mol. The molecule has 1 saturated heterocycles. The van der Waals surface area contributed by atoms with Crippen molar-refractivity contribution in [3.63, 3.8) is 0 Å². The molecule has 0 unspecified atom stereocenters. The van der Waals surface area contributed by atoms with Crippen molar-refractivity contribution in [3.05, 3.63) is 75.0 Å². The molecule has 1 N–H and O–H groups in total. The van der Waals surface area contributed by atoms with E-state index in [0.29, 0.717) is 0 Å². The highest BCUT2D eigenvalue weighted by Gasteiger charge is 2.47. The smallest absolute Gasteiger partial charge is 0.377 e. The maximum atomic E-state index is 14.9. The first-order chi connectivity index (χ1) is 18.1. The molecular formula is C23H24F5N7O3. The SMILES string of the molecule is C[C@@H]1COCCN1c1nc2n(c(=O)c1F)CC[C@@H](C(F)(F)F)N2Cc1cccnc1F.O=c1ccnc[nH]1. The van der Waals surface area contributed by atoms with Crippen molar-refractivity contribution < 1.29 is 26.7 Å². The van der Waals surface area contributed by atoms with Gasteiger partial charge in [-0.25, -0.2) is 9.97 Å². The van der Waals surface area contributed by atoms with Crippen molar-refractivity contribution in [1.82, 2.24) is 24.5 Å². The largest absolute Gasteiger partial charge is 0.408 e. The Morgan fingerprint density at radius 1 is 1.16 bits per heavy atom. The van der Waals surface area contributed by atoms with Gasteiger partial charge in [0.15, 0.2) is 5.82 Å². The molecular weight excluding hydrogens is 517 g/mol. The van der Waals surface area contributed by atoms with E-state index >= 15 is 0 Å². The molecule has 0 amide bonds. The van der Waals surface area contributed by atoms with Crippen LogP contribution in [0, 0.1) is 11.8 Å². The number of aromatic nitrogens is 5. The highest BCUT2D eigenvalue weighted by atomic mass is 19.4. The van der Waals surface area contributed by atoms with Crippen LogP contribution in [0.15, 0.2) is 46.5 Å². The van der Waals surface area contributed by atoms with Gasteiger partial charge in [0.25, 0.3) is 11.1 Å². The summed E-state index contributed by atoms with van der Waals surface area (Å²) in [5.41, 5.74) is -1.27. The maximum Gasteiger partial charge on any atom is 0.408 e. The molecule has 0 spiro atoms. The number of anilines is 2. The molecule has 0 bridgehead atoms. The van der Waals surface area contributed by atoms with Crippen molar-refractivity contribution in [2.75, 3.05) is 29.6 Å². The lowest BCUT2D eigenvalue weighted by atomic mass is 10.1. The van der Waals surface area contributed by atoms with Gasteiger partial charge in [-0.3, -0.25) is 14.2 Å². The Hall–Kier alpha value is -3.88. The Kier molecular flexibility index (Phi) is 8.04. The molecule has 0 saturated carbocycles. The summed E-state index contributed by atoms with van der Waals surface area (Å²) in [6.45, 7) is 1.61. The summed E-state index contributed by atoms with van der Waals surface area (Å²) >= 11 is 0. The summed E-state index contributed by atoms with van der Waals surface area (Å²) < 4.78 is 76.7. The quantitative estimate of drug-likeness (QED) is 0.398. The van der Waals surface area contributed by atoms with E-state index in [1.807, 2.05) is 0 Å². The number of rotatable bonds is 3. The number of nitrogens with zero attached hydrogens (tertiary/aromatic N) is 6. The van der Waals surface area contributed by atoms with Crippen molar-refractivity contribution in [2.24, 2.45) is 0 Å². The lowest BCUT2D eigenvalue weighted by Crippen LogP contribution is -2.53. The minimum absolute atomic E-state index is 0.0925. The minimum Gasteiger partial charge on any atom is -0.377 e. The Labute approximate surface area is 212 Å². The van der Waals surface area contributed by atoms with Gasteiger partial charge in [0.05, 0.1) is 32.1 Å². The molecule has 2 aliphatic heterocycles. The van der Waals surface area contributed by atoms with Crippen molar-refractivity contribution in [1.29, 1.82) is 0 Å². The Morgan fingerprint density at radius 3 is 2.55 bits per heavy atom. The number of pyridine rings is 1. The average molecular weight is 541 g/mol. The number of morpholine rings is 1. The van der Waals surface area contributed by atoms with Crippen LogP contribution >= 0.6 is 0 Å². The monoisotopic (exact) mass is 541 g/mol. The lowest BCUT2D eigenvalue weighted by molar-refractivity contribution is -0.153. The zero-order valence-electron chi connectivity index (χ0n) is 20.2. The fourth-order valence-electron chi connectivity index (χ4n) is 4.25. The molecule has 15 heteroatoms. The van der Waals surface area contributed by atoms with Gasteiger partial charge in [0.2, 0.25) is 17.7 Å². The van der Waals surface area contributed by atoms with Gasteiger partial charge in [-0.1, -0.05) is 6.07 Å². The van der Waals surface area contributed by atoms with E-state index in [2.05, 4.69) is 19.9 Å². The first-order valence-electron chi connectivity index (χ1n) is 11.6. The van der Waals surface area contributed by atoms with E-state index in [9.17, 15) is 31.5 Å². The highest BCUT2D eigenvalue weighted by Crippen LogP contribution is 2.36. The zero-order chi connectivity index (χ0) is 27.4. The van der Waals surface area contributed by atoms with Gasteiger partial charge in [-0.15, -0.1) is 0 Å². The first-order valence-corrected chi connectivity index (χ1v) is 11.6. The third-order valence-electron chi connectivity index (χ3n) is 6.12. The summed E-state index contributed by atoms with van der Waals surface area (Å²) in [5.74, 6) is -2.73. The van der Waals surface area contributed by atoms with Gasteiger partial charge in [-0.05, 0) is 19.4 Å². The summed E-state index contributed by atoms with van der Waals surface area (Å²) in [4.78, 5) is 38.8. The number of ether oxygens (including phenoxy) is 1. The van der Waals surface area contributed by atoms with Crippen molar-refractivity contribution >= 4 is 11.8 Å². The molecule has 204 valence electrons. The van der Waals surface area contributed by atoms with E-state index in [0.717, 1.165) is 9.47 Å². The maximum absolute atomic E-state index is 14.9. The molecule has 0 aromatic carbocycles. The number of H-pyrrole nitrogens is 1. The van der Waals surface area contributed by atoms with E-state index in [4.69, 9.17) is 4.74 Å². The third-order valence-corrected chi connectivity index (χ3v) is 6.12. The summed E-state index contributed by atoms with van der Waals surface area (Å²) in [5, 5.41) is 0. The molecule has 5 rings (SSSR count). The molecule has 0 radical (unpaired) electrons. The van der Waals surface area contributed by atoms with Gasteiger partial charge in [0, 0.05) is 37.1 Å². The lowest BCUT2D eigenvalue weighted by Gasteiger charge is -2.40. The molecule has 3 aromatic heterocycles. The first kappa shape index (κ1) is 27.2. The number of halogens is 5. The predicted octanol–water partition coefficient (Wildman–Crippen LogP) is 2.25. The van der Waals surface area contributed by atoms with E-state index in [-0.39, 0.29) is 55.2 Å². The van der Waals surface area contributed by atoms with Gasteiger partial charge >= 0.3 is 6.18 Å².